The Kier molecular flexibility index (Phi) is 6.64. The molecule has 1 nitrogen and oxygen atoms in total. The molecule has 21 heavy (non-hydrogen) atoms. The highest BCUT2D eigenvalue weighted by Gasteiger charge is 2.13. The fourth-order valence-corrected chi connectivity index (χ4v) is 2.85. The molecular weight excluding hydrogens is 376 g/mol. The smallest absolute Gasteiger partial charge is 0.126 e. The molecule has 112 valence electrons. The summed E-state index contributed by atoms with van der Waals surface area (Å²) >= 11 is 2.31. The Hall–Kier alpha value is -0.940. The summed E-state index contributed by atoms with van der Waals surface area (Å²) in [6, 6.07) is 15.7. The lowest BCUT2D eigenvalue weighted by Crippen LogP contribution is -2.26. The molecule has 0 amide bonds. The fourth-order valence-electron chi connectivity index (χ4n) is 2.49. The molecule has 0 bridgehead atoms. The van der Waals surface area contributed by atoms with Crippen molar-refractivity contribution in [1.82, 2.24) is 5.32 Å². The van der Waals surface area contributed by atoms with Gasteiger partial charge in [-0.15, -0.1) is 0 Å². The van der Waals surface area contributed by atoms with Gasteiger partial charge in [0.25, 0.3) is 0 Å². The molecule has 2 aromatic carbocycles. The zero-order valence-corrected chi connectivity index (χ0v) is 14.4. The summed E-state index contributed by atoms with van der Waals surface area (Å²) in [5, 5.41) is 3.40. The van der Waals surface area contributed by atoms with Crippen LogP contribution in [-0.4, -0.2) is 13.1 Å². The van der Waals surface area contributed by atoms with Gasteiger partial charge in [-0.1, -0.05) is 37.3 Å². The first-order chi connectivity index (χ1) is 10.2. The first-order valence-corrected chi connectivity index (χ1v) is 8.45. The van der Waals surface area contributed by atoms with Crippen LogP contribution in [0.25, 0.3) is 0 Å². The van der Waals surface area contributed by atoms with E-state index in [-0.39, 0.29) is 5.82 Å². The van der Waals surface area contributed by atoms with Gasteiger partial charge in [0.15, 0.2) is 0 Å². The minimum absolute atomic E-state index is 0.0957. The molecule has 1 N–H and O–H groups in total. The Balaban J connectivity index is 2.07. The molecule has 0 aliphatic carbocycles. The molecule has 0 radical (unpaired) electrons. The van der Waals surface area contributed by atoms with E-state index in [0.717, 1.165) is 31.5 Å². The van der Waals surface area contributed by atoms with Gasteiger partial charge < -0.3 is 5.32 Å². The maximum Gasteiger partial charge on any atom is 0.126 e. The molecule has 0 aliphatic rings. The van der Waals surface area contributed by atoms with E-state index >= 15 is 0 Å². The molecule has 0 heterocycles. The van der Waals surface area contributed by atoms with Gasteiger partial charge in [-0.05, 0) is 83.8 Å². The van der Waals surface area contributed by atoms with E-state index in [0.29, 0.717) is 5.92 Å². The molecule has 0 spiro atoms. The van der Waals surface area contributed by atoms with E-state index in [1.165, 1.54) is 9.13 Å². The Morgan fingerprint density at radius 2 is 1.76 bits per heavy atom. The normalized spacial score (nSPS) is 12.3. The molecule has 2 aromatic rings. The summed E-state index contributed by atoms with van der Waals surface area (Å²) in [7, 11) is 0. The topological polar surface area (TPSA) is 12.0 Å². The van der Waals surface area contributed by atoms with E-state index in [9.17, 15) is 4.39 Å². The molecule has 0 saturated carbocycles. The van der Waals surface area contributed by atoms with Crippen LogP contribution in [0.5, 0.6) is 0 Å². The van der Waals surface area contributed by atoms with Gasteiger partial charge in [-0.2, -0.15) is 0 Å². The van der Waals surface area contributed by atoms with Crippen LogP contribution in [0.4, 0.5) is 4.39 Å². The number of hydrogen-bond acceptors (Lipinski definition) is 1. The van der Waals surface area contributed by atoms with Crippen molar-refractivity contribution in [1.29, 1.82) is 0 Å². The molecule has 1 atom stereocenters. The maximum atomic E-state index is 13.8. The quantitative estimate of drug-likeness (QED) is 0.682. The molecule has 0 aromatic heterocycles. The Morgan fingerprint density at radius 3 is 2.43 bits per heavy atom. The van der Waals surface area contributed by atoms with E-state index in [2.05, 4.69) is 59.1 Å². The monoisotopic (exact) mass is 397 g/mol. The van der Waals surface area contributed by atoms with Crippen LogP contribution in [-0.2, 0) is 12.8 Å². The second-order valence-electron chi connectivity index (χ2n) is 5.30. The van der Waals surface area contributed by atoms with Gasteiger partial charge in [-0.3, -0.25) is 0 Å². The summed E-state index contributed by atoms with van der Waals surface area (Å²) in [4.78, 5) is 0. The molecular formula is C18H21FIN. The fraction of sp³-hybridized carbons (Fsp3) is 0.333. The number of benzene rings is 2. The van der Waals surface area contributed by atoms with Gasteiger partial charge >= 0.3 is 0 Å². The van der Waals surface area contributed by atoms with Crippen LogP contribution < -0.4 is 5.32 Å². The third kappa shape index (κ3) is 5.40. The van der Waals surface area contributed by atoms with Crippen molar-refractivity contribution >= 4 is 22.6 Å². The second-order valence-corrected chi connectivity index (χ2v) is 6.55. The van der Waals surface area contributed by atoms with Crippen molar-refractivity contribution < 1.29 is 4.39 Å². The lowest BCUT2D eigenvalue weighted by molar-refractivity contribution is 0.467. The third-order valence-electron chi connectivity index (χ3n) is 3.59. The first-order valence-electron chi connectivity index (χ1n) is 7.37. The summed E-state index contributed by atoms with van der Waals surface area (Å²) in [6.45, 7) is 3.96. The van der Waals surface area contributed by atoms with Crippen molar-refractivity contribution in [3.8, 4) is 0 Å². The van der Waals surface area contributed by atoms with E-state index in [1.807, 2.05) is 12.1 Å². The summed E-state index contributed by atoms with van der Waals surface area (Å²) in [6.07, 6.45) is 1.74. The van der Waals surface area contributed by atoms with E-state index < -0.39 is 0 Å². The van der Waals surface area contributed by atoms with Gasteiger partial charge in [-0.25, -0.2) is 4.39 Å². The van der Waals surface area contributed by atoms with E-state index in [1.54, 1.807) is 12.1 Å². The molecule has 1 unspecified atom stereocenters. The standard InChI is InChI=1S/C18H21FIN/c1-2-21-13-15(11-14-7-9-17(20)10-8-14)12-16-5-3-4-6-18(16)19/h3-10,15,21H,2,11-13H2,1H3. The summed E-state index contributed by atoms with van der Waals surface area (Å²) in [5.74, 6) is 0.309. The second kappa shape index (κ2) is 8.49. The summed E-state index contributed by atoms with van der Waals surface area (Å²) < 4.78 is 15.1. The van der Waals surface area contributed by atoms with Crippen LogP contribution >= 0.6 is 22.6 Å². The third-order valence-corrected chi connectivity index (χ3v) is 4.31. The number of halogens is 2. The minimum atomic E-state index is -0.0957. The summed E-state index contributed by atoms with van der Waals surface area (Å²) in [5.41, 5.74) is 2.13. The van der Waals surface area contributed by atoms with Crippen LogP contribution in [0.3, 0.4) is 0 Å². The zero-order chi connectivity index (χ0) is 15.1. The number of hydrogen-bond donors (Lipinski definition) is 1. The van der Waals surface area contributed by atoms with Crippen molar-refractivity contribution in [3.05, 3.63) is 69.0 Å². The number of nitrogens with one attached hydrogen (secondary N) is 1. The minimum Gasteiger partial charge on any atom is -0.317 e. The zero-order valence-electron chi connectivity index (χ0n) is 12.3. The maximum absolute atomic E-state index is 13.8. The predicted molar refractivity (Wildman–Crippen MR) is 95.0 cm³/mol. The van der Waals surface area contributed by atoms with Gasteiger partial charge in [0.1, 0.15) is 5.82 Å². The first kappa shape index (κ1) is 16.4. The predicted octanol–water partition coefficient (Wildman–Crippen LogP) is 4.44. The van der Waals surface area contributed by atoms with Gasteiger partial charge in [0.2, 0.25) is 0 Å². The van der Waals surface area contributed by atoms with E-state index in [4.69, 9.17) is 0 Å². The highest BCUT2D eigenvalue weighted by Crippen LogP contribution is 2.17. The van der Waals surface area contributed by atoms with Crippen molar-refractivity contribution in [2.24, 2.45) is 5.92 Å². The van der Waals surface area contributed by atoms with Crippen molar-refractivity contribution in [2.45, 2.75) is 19.8 Å². The molecule has 0 fully saturated rings. The Morgan fingerprint density at radius 1 is 1.05 bits per heavy atom. The van der Waals surface area contributed by atoms with Gasteiger partial charge in [0, 0.05) is 3.57 Å². The highest BCUT2D eigenvalue weighted by molar-refractivity contribution is 14.1. The van der Waals surface area contributed by atoms with Crippen LogP contribution in [0, 0.1) is 15.3 Å². The van der Waals surface area contributed by atoms with Crippen LogP contribution in [0.2, 0.25) is 0 Å². The average molecular weight is 397 g/mol. The lowest BCUT2D eigenvalue weighted by Gasteiger charge is -2.18. The highest BCUT2D eigenvalue weighted by atomic mass is 127. The van der Waals surface area contributed by atoms with Crippen LogP contribution in [0.1, 0.15) is 18.1 Å². The molecule has 3 heteroatoms. The number of rotatable bonds is 7. The Bertz CT molecular complexity index is 553. The van der Waals surface area contributed by atoms with Crippen molar-refractivity contribution in [2.75, 3.05) is 13.1 Å². The lowest BCUT2D eigenvalue weighted by atomic mass is 9.92. The molecule has 0 saturated heterocycles. The van der Waals surface area contributed by atoms with Crippen molar-refractivity contribution in [3.63, 3.8) is 0 Å². The Labute approximate surface area is 140 Å². The SMILES string of the molecule is CCNCC(Cc1ccc(I)cc1)Cc1ccccc1F. The average Bonchev–Trinajstić information content (AvgIpc) is 2.49. The van der Waals surface area contributed by atoms with Crippen LogP contribution in [0.15, 0.2) is 48.5 Å². The molecule has 0 aliphatic heterocycles. The van der Waals surface area contributed by atoms with Gasteiger partial charge in [0.05, 0.1) is 0 Å². The largest absolute Gasteiger partial charge is 0.317 e. The molecule has 2 rings (SSSR count).